The Morgan fingerprint density at radius 2 is 1.90 bits per heavy atom. The molecule has 1 rings (SSSR count). The molecule has 1 aromatic carbocycles. The van der Waals surface area contributed by atoms with Crippen LogP contribution in [0.4, 0.5) is 0 Å². The van der Waals surface area contributed by atoms with Crippen LogP contribution in [0.25, 0.3) is 0 Å². The molecule has 1 aromatic rings. The first-order chi connectivity index (χ1) is 9.45. The molecule has 0 heterocycles. The van der Waals surface area contributed by atoms with Crippen LogP contribution in [-0.4, -0.2) is 40.4 Å². The summed E-state index contributed by atoms with van der Waals surface area (Å²) in [6.07, 6.45) is 0.613. The van der Waals surface area contributed by atoms with E-state index in [1.807, 2.05) is 49.9 Å². The topological polar surface area (TPSA) is 40.5 Å². The highest BCUT2D eigenvalue weighted by atomic mass is 35.5. The summed E-state index contributed by atoms with van der Waals surface area (Å²) in [4.78, 5) is 15.3. The largest absolute Gasteiger partial charge is 0.396 e. The van der Waals surface area contributed by atoms with Gasteiger partial charge in [0.05, 0.1) is 5.25 Å². The van der Waals surface area contributed by atoms with E-state index in [1.54, 1.807) is 0 Å². The Morgan fingerprint density at radius 1 is 1.30 bits per heavy atom. The predicted molar refractivity (Wildman–Crippen MR) is 85.3 cm³/mol. The number of hydrogen-bond acceptors (Lipinski definition) is 3. The van der Waals surface area contributed by atoms with Crippen molar-refractivity contribution >= 4 is 29.3 Å². The molecule has 0 aromatic heterocycles. The Kier molecular flexibility index (Phi) is 7.41. The summed E-state index contributed by atoms with van der Waals surface area (Å²) >= 11 is 7.38. The fourth-order valence-electron chi connectivity index (χ4n) is 1.87. The second-order valence-electron chi connectivity index (χ2n) is 4.92. The molecule has 0 bridgehead atoms. The first kappa shape index (κ1) is 17.3. The van der Waals surface area contributed by atoms with Gasteiger partial charge >= 0.3 is 0 Å². The monoisotopic (exact) mass is 315 g/mol. The third kappa shape index (κ3) is 5.35. The smallest absolute Gasteiger partial charge is 0.236 e. The molecule has 5 heteroatoms. The van der Waals surface area contributed by atoms with E-state index >= 15 is 0 Å². The Morgan fingerprint density at radius 3 is 2.40 bits per heavy atom. The molecule has 1 N–H and O–H groups in total. The average Bonchev–Trinajstić information content (AvgIpc) is 2.41. The number of aliphatic hydroxyl groups is 1. The Bertz CT molecular complexity index is 422. The van der Waals surface area contributed by atoms with Crippen molar-refractivity contribution in [3.63, 3.8) is 0 Å². The van der Waals surface area contributed by atoms with E-state index in [0.29, 0.717) is 18.0 Å². The number of carbonyl (C=O) groups excluding carboxylic acids is 1. The second-order valence-corrected chi connectivity index (χ2v) is 6.77. The van der Waals surface area contributed by atoms with E-state index < -0.39 is 0 Å². The number of halogens is 1. The van der Waals surface area contributed by atoms with Gasteiger partial charge in [0.1, 0.15) is 0 Å². The van der Waals surface area contributed by atoms with Crippen molar-refractivity contribution in [2.24, 2.45) is 0 Å². The van der Waals surface area contributed by atoms with Crippen LogP contribution in [0, 0.1) is 0 Å². The number of rotatable bonds is 7. The van der Waals surface area contributed by atoms with Crippen LogP contribution in [0.1, 0.15) is 27.2 Å². The molecule has 1 unspecified atom stereocenters. The van der Waals surface area contributed by atoms with Crippen LogP contribution >= 0.6 is 23.4 Å². The van der Waals surface area contributed by atoms with E-state index in [9.17, 15) is 4.79 Å². The van der Waals surface area contributed by atoms with Gasteiger partial charge in [-0.15, -0.1) is 11.8 Å². The van der Waals surface area contributed by atoms with Crippen molar-refractivity contribution < 1.29 is 9.90 Å². The molecule has 112 valence electrons. The highest BCUT2D eigenvalue weighted by Crippen LogP contribution is 2.26. The highest BCUT2D eigenvalue weighted by Gasteiger charge is 2.23. The zero-order chi connectivity index (χ0) is 15.1. The lowest BCUT2D eigenvalue weighted by molar-refractivity contribution is -0.132. The van der Waals surface area contributed by atoms with Gasteiger partial charge in [0.2, 0.25) is 5.91 Å². The average molecular weight is 316 g/mol. The molecule has 0 aliphatic carbocycles. The fourth-order valence-corrected chi connectivity index (χ4v) is 2.93. The first-order valence-electron chi connectivity index (χ1n) is 6.79. The molecule has 0 saturated carbocycles. The van der Waals surface area contributed by atoms with Gasteiger partial charge in [0.15, 0.2) is 0 Å². The van der Waals surface area contributed by atoms with Gasteiger partial charge in [-0.05, 0) is 51.5 Å². The Hall–Kier alpha value is -0.710. The number of thioether (sulfide) groups is 1. The summed E-state index contributed by atoms with van der Waals surface area (Å²) in [5.74, 6) is 0.105. The molecular weight excluding hydrogens is 294 g/mol. The summed E-state index contributed by atoms with van der Waals surface area (Å²) in [6, 6.07) is 7.64. The number of hydrogen-bond donors (Lipinski definition) is 1. The van der Waals surface area contributed by atoms with E-state index in [0.717, 1.165) is 4.90 Å². The van der Waals surface area contributed by atoms with Crippen LogP contribution in [0.15, 0.2) is 29.2 Å². The van der Waals surface area contributed by atoms with Crippen LogP contribution < -0.4 is 0 Å². The van der Waals surface area contributed by atoms with Crippen molar-refractivity contribution in [2.75, 3.05) is 13.2 Å². The normalized spacial score (nSPS) is 12.5. The number of amides is 1. The zero-order valence-electron chi connectivity index (χ0n) is 12.2. The minimum Gasteiger partial charge on any atom is -0.396 e. The number of benzene rings is 1. The molecule has 0 radical (unpaired) electrons. The predicted octanol–water partition coefficient (Wildman–Crippen LogP) is 3.44. The van der Waals surface area contributed by atoms with Crippen LogP contribution in [0.3, 0.4) is 0 Å². The SMILES string of the molecule is CC(Sc1ccc(Cl)cc1)C(=O)N(CCCO)C(C)C. The van der Waals surface area contributed by atoms with Crippen molar-refractivity contribution in [1.29, 1.82) is 0 Å². The quantitative estimate of drug-likeness (QED) is 0.784. The molecule has 0 fully saturated rings. The van der Waals surface area contributed by atoms with Crippen molar-refractivity contribution in [1.82, 2.24) is 4.90 Å². The molecule has 20 heavy (non-hydrogen) atoms. The van der Waals surface area contributed by atoms with E-state index in [-0.39, 0.29) is 23.8 Å². The third-order valence-corrected chi connectivity index (χ3v) is 4.29. The highest BCUT2D eigenvalue weighted by molar-refractivity contribution is 8.00. The molecule has 0 aliphatic rings. The molecule has 0 spiro atoms. The van der Waals surface area contributed by atoms with E-state index in [2.05, 4.69) is 0 Å². The van der Waals surface area contributed by atoms with Gasteiger partial charge in [-0.3, -0.25) is 4.79 Å². The van der Waals surface area contributed by atoms with E-state index in [1.165, 1.54) is 11.8 Å². The molecule has 3 nitrogen and oxygen atoms in total. The van der Waals surface area contributed by atoms with Gasteiger partial charge in [-0.25, -0.2) is 0 Å². The summed E-state index contributed by atoms with van der Waals surface area (Å²) < 4.78 is 0. The van der Waals surface area contributed by atoms with E-state index in [4.69, 9.17) is 16.7 Å². The van der Waals surface area contributed by atoms with Gasteiger partial charge in [-0.1, -0.05) is 11.6 Å². The fraction of sp³-hybridized carbons (Fsp3) is 0.533. The minimum absolute atomic E-state index is 0.105. The summed E-state index contributed by atoms with van der Waals surface area (Å²) in [6.45, 7) is 6.60. The lowest BCUT2D eigenvalue weighted by Gasteiger charge is -2.29. The molecular formula is C15H22ClNO2S. The van der Waals surface area contributed by atoms with Crippen LogP contribution in [0.5, 0.6) is 0 Å². The van der Waals surface area contributed by atoms with Gasteiger partial charge in [0.25, 0.3) is 0 Å². The molecule has 1 atom stereocenters. The maximum atomic E-state index is 12.5. The van der Waals surface area contributed by atoms with Crippen molar-refractivity contribution in [3.8, 4) is 0 Å². The van der Waals surface area contributed by atoms with Gasteiger partial charge in [0, 0.05) is 29.1 Å². The maximum Gasteiger partial charge on any atom is 0.236 e. The summed E-state index contributed by atoms with van der Waals surface area (Å²) in [5.41, 5.74) is 0. The Balaban J connectivity index is 2.66. The molecule has 0 aliphatic heterocycles. The van der Waals surface area contributed by atoms with Gasteiger partial charge < -0.3 is 10.0 Å². The molecule has 1 amide bonds. The summed E-state index contributed by atoms with van der Waals surface area (Å²) in [5, 5.41) is 9.46. The van der Waals surface area contributed by atoms with Crippen LogP contribution in [-0.2, 0) is 4.79 Å². The number of carbonyl (C=O) groups is 1. The van der Waals surface area contributed by atoms with Crippen LogP contribution in [0.2, 0.25) is 5.02 Å². The first-order valence-corrected chi connectivity index (χ1v) is 8.05. The number of nitrogens with zero attached hydrogens (tertiary/aromatic N) is 1. The lowest BCUT2D eigenvalue weighted by Crippen LogP contribution is -2.42. The second kappa shape index (κ2) is 8.55. The maximum absolute atomic E-state index is 12.5. The van der Waals surface area contributed by atoms with Crippen molar-refractivity contribution in [2.45, 2.75) is 43.4 Å². The Labute approximate surface area is 130 Å². The zero-order valence-corrected chi connectivity index (χ0v) is 13.7. The minimum atomic E-state index is -0.155. The lowest BCUT2D eigenvalue weighted by atomic mass is 10.2. The third-order valence-electron chi connectivity index (χ3n) is 2.94. The molecule has 0 saturated heterocycles. The van der Waals surface area contributed by atoms with Crippen molar-refractivity contribution in [3.05, 3.63) is 29.3 Å². The standard InChI is InChI=1S/C15H22ClNO2S/c1-11(2)17(9-4-10-18)15(19)12(3)20-14-7-5-13(16)6-8-14/h5-8,11-12,18H,4,9-10H2,1-3H3. The number of aliphatic hydroxyl groups excluding tert-OH is 1. The van der Waals surface area contributed by atoms with Gasteiger partial charge in [-0.2, -0.15) is 0 Å². The summed E-state index contributed by atoms with van der Waals surface area (Å²) in [7, 11) is 0.